The van der Waals surface area contributed by atoms with Crippen LogP contribution < -0.4 is 0 Å². The summed E-state index contributed by atoms with van der Waals surface area (Å²) in [6, 6.07) is 14.5. The van der Waals surface area contributed by atoms with E-state index >= 15 is 0 Å². The van der Waals surface area contributed by atoms with Crippen LogP contribution in [-0.2, 0) is 16.0 Å². The Morgan fingerprint density at radius 1 is 1.14 bits per heavy atom. The van der Waals surface area contributed by atoms with Gasteiger partial charge in [0.2, 0.25) is 5.91 Å². The van der Waals surface area contributed by atoms with Gasteiger partial charge < -0.3 is 9.88 Å². The molecule has 2 amide bonds. The third-order valence-corrected chi connectivity index (χ3v) is 6.00. The summed E-state index contributed by atoms with van der Waals surface area (Å²) >= 11 is 5.90. The fraction of sp³-hybridized carbons (Fsp3) is 0.227. The first-order valence-corrected chi connectivity index (χ1v) is 9.92. The molecule has 2 aliphatic heterocycles. The number of hydrogen-bond donors (Lipinski definition) is 1. The monoisotopic (exact) mass is 406 g/mol. The number of benzene rings is 2. The number of piperazine rings is 1. The molecule has 0 radical (unpaired) electrons. The largest absolute Gasteiger partial charge is 0.356 e. The van der Waals surface area contributed by atoms with E-state index in [0.717, 1.165) is 27.7 Å². The van der Waals surface area contributed by atoms with Crippen molar-refractivity contribution in [3.05, 3.63) is 70.4 Å². The summed E-state index contributed by atoms with van der Waals surface area (Å²) in [6.45, 7) is 1.91. The van der Waals surface area contributed by atoms with Crippen LogP contribution in [0.1, 0.15) is 29.8 Å². The zero-order valence-corrected chi connectivity index (χ0v) is 16.6. The molecule has 0 unspecified atom stereocenters. The summed E-state index contributed by atoms with van der Waals surface area (Å²) < 4.78 is 0. The lowest BCUT2D eigenvalue weighted by atomic mass is 9.90. The Morgan fingerprint density at radius 2 is 1.90 bits per heavy atom. The summed E-state index contributed by atoms with van der Waals surface area (Å²) in [6.07, 6.45) is 2.07. The summed E-state index contributed by atoms with van der Waals surface area (Å²) in [4.78, 5) is 31.2. The van der Waals surface area contributed by atoms with Gasteiger partial charge in [0, 0.05) is 28.0 Å². The number of halogens is 1. The van der Waals surface area contributed by atoms with Crippen molar-refractivity contribution in [2.45, 2.75) is 25.4 Å². The van der Waals surface area contributed by atoms with Gasteiger partial charge in [0.05, 0.1) is 12.3 Å². The molecule has 3 aromatic rings. The van der Waals surface area contributed by atoms with Crippen LogP contribution in [0.2, 0.25) is 5.02 Å². The van der Waals surface area contributed by atoms with Gasteiger partial charge in [-0.05, 0) is 36.2 Å². The van der Waals surface area contributed by atoms with E-state index < -0.39 is 6.04 Å². The lowest BCUT2D eigenvalue weighted by Gasteiger charge is -2.44. The predicted molar refractivity (Wildman–Crippen MR) is 112 cm³/mol. The Morgan fingerprint density at radius 3 is 2.69 bits per heavy atom. The Balaban J connectivity index is 1.47. The lowest BCUT2D eigenvalue weighted by Crippen LogP contribution is -2.61. The summed E-state index contributed by atoms with van der Waals surface area (Å²) in [5, 5.41) is 7.32. The van der Waals surface area contributed by atoms with Crippen LogP contribution >= 0.6 is 11.6 Å². The first-order chi connectivity index (χ1) is 14.0. The van der Waals surface area contributed by atoms with Gasteiger partial charge in [-0.25, -0.2) is 5.01 Å². The number of H-pyrrole nitrogens is 1. The highest BCUT2D eigenvalue weighted by molar-refractivity contribution is 6.30. The molecule has 0 bridgehead atoms. The molecule has 0 spiro atoms. The Labute approximate surface area is 172 Å². The maximum atomic E-state index is 13.2. The van der Waals surface area contributed by atoms with Crippen molar-refractivity contribution < 1.29 is 9.59 Å². The molecule has 0 aliphatic carbocycles. The molecular weight excluding hydrogens is 388 g/mol. The zero-order valence-electron chi connectivity index (χ0n) is 15.8. The average molecular weight is 407 g/mol. The van der Waals surface area contributed by atoms with Crippen molar-refractivity contribution in [3.8, 4) is 0 Å². The molecular formula is C22H19ClN4O2. The number of rotatable bonds is 2. The van der Waals surface area contributed by atoms with E-state index in [4.69, 9.17) is 11.6 Å². The van der Waals surface area contributed by atoms with Crippen LogP contribution in [0.3, 0.4) is 0 Å². The summed E-state index contributed by atoms with van der Waals surface area (Å²) in [7, 11) is 0. The standard InChI is InChI=1S/C22H19ClN4O2/c1-13-21-17(16-4-2-3-5-18(16)25-21)10-19-22(29)26(12-20(28)27(13)19)24-11-14-6-8-15(23)9-7-14/h2-9,11,13,19,25H,10,12H2,1H3/b24-11+/t13-,19-/m0/s1. The number of para-hydroxylation sites is 1. The molecule has 2 atom stereocenters. The van der Waals surface area contributed by atoms with Gasteiger partial charge in [0.1, 0.15) is 12.6 Å². The average Bonchev–Trinajstić information content (AvgIpc) is 3.10. The van der Waals surface area contributed by atoms with Crippen molar-refractivity contribution >= 4 is 40.5 Å². The maximum Gasteiger partial charge on any atom is 0.266 e. The van der Waals surface area contributed by atoms with Gasteiger partial charge in [-0.1, -0.05) is 41.9 Å². The highest BCUT2D eigenvalue weighted by atomic mass is 35.5. The number of nitrogens with zero attached hydrogens (tertiary/aromatic N) is 3. The van der Waals surface area contributed by atoms with Crippen molar-refractivity contribution in [1.82, 2.24) is 14.9 Å². The molecule has 146 valence electrons. The minimum Gasteiger partial charge on any atom is -0.356 e. The first-order valence-electron chi connectivity index (χ1n) is 9.54. The molecule has 29 heavy (non-hydrogen) atoms. The van der Waals surface area contributed by atoms with Crippen molar-refractivity contribution in [2.75, 3.05) is 6.54 Å². The Bertz CT molecular complexity index is 1150. The molecule has 1 aromatic heterocycles. The molecule has 0 saturated carbocycles. The first kappa shape index (κ1) is 17.9. The van der Waals surface area contributed by atoms with Crippen LogP contribution in [0.25, 0.3) is 10.9 Å². The highest BCUT2D eigenvalue weighted by Crippen LogP contribution is 2.38. The van der Waals surface area contributed by atoms with Gasteiger partial charge in [-0.15, -0.1) is 0 Å². The second-order valence-corrected chi connectivity index (χ2v) is 7.89. The lowest BCUT2D eigenvalue weighted by molar-refractivity contribution is -0.159. The van der Waals surface area contributed by atoms with Crippen LogP contribution in [0.4, 0.5) is 0 Å². The minimum atomic E-state index is -0.541. The van der Waals surface area contributed by atoms with Crippen LogP contribution in [0.5, 0.6) is 0 Å². The number of aromatic amines is 1. The number of fused-ring (bicyclic) bond motifs is 4. The van der Waals surface area contributed by atoms with Crippen molar-refractivity contribution in [2.24, 2.45) is 5.10 Å². The molecule has 3 heterocycles. The molecule has 1 saturated heterocycles. The van der Waals surface area contributed by atoms with Gasteiger partial charge >= 0.3 is 0 Å². The van der Waals surface area contributed by atoms with E-state index in [1.807, 2.05) is 37.3 Å². The van der Waals surface area contributed by atoms with E-state index in [9.17, 15) is 9.59 Å². The number of hydrazone groups is 1. The fourth-order valence-corrected chi connectivity index (χ4v) is 4.46. The summed E-state index contributed by atoms with van der Waals surface area (Å²) in [5.74, 6) is -0.253. The van der Waals surface area contributed by atoms with Crippen LogP contribution in [-0.4, -0.2) is 45.5 Å². The van der Waals surface area contributed by atoms with E-state index in [1.165, 1.54) is 5.01 Å². The third-order valence-electron chi connectivity index (χ3n) is 5.74. The topological polar surface area (TPSA) is 68.8 Å². The molecule has 5 rings (SSSR count). The Hall–Kier alpha value is -3.12. The molecule has 7 heteroatoms. The van der Waals surface area contributed by atoms with Crippen LogP contribution in [0.15, 0.2) is 53.6 Å². The van der Waals surface area contributed by atoms with E-state index in [-0.39, 0.29) is 24.4 Å². The number of nitrogens with one attached hydrogen (secondary N) is 1. The second kappa shape index (κ2) is 6.74. The maximum absolute atomic E-state index is 13.2. The predicted octanol–water partition coefficient (Wildman–Crippen LogP) is 3.51. The Kier molecular flexibility index (Phi) is 4.17. The summed E-state index contributed by atoms with van der Waals surface area (Å²) in [5.41, 5.74) is 3.97. The number of amides is 2. The second-order valence-electron chi connectivity index (χ2n) is 7.45. The van der Waals surface area contributed by atoms with E-state index in [0.29, 0.717) is 11.4 Å². The van der Waals surface area contributed by atoms with Gasteiger partial charge in [0.25, 0.3) is 5.91 Å². The SMILES string of the molecule is C[C@H]1c2[nH]c3ccccc3c2C[C@H]2C(=O)N(/N=C/c3ccc(Cl)cc3)CC(=O)N21. The highest BCUT2D eigenvalue weighted by Gasteiger charge is 2.46. The zero-order chi connectivity index (χ0) is 20.1. The van der Waals surface area contributed by atoms with Crippen molar-refractivity contribution in [3.63, 3.8) is 0 Å². The molecule has 2 aromatic carbocycles. The number of carbonyl (C=O) groups is 2. The quantitative estimate of drug-likeness (QED) is 0.661. The van der Waals surface area contributed by atoms with Crippen LogP contribution in [0, 0.1) is 0 Å². The molecule has 1 fully saturated rings. The number of carbonyl (C=O) groups excluding carboxylic acids is 2. The van der Waals surface area contributed by atoms with Gasteiger partial charge in [-0.3, -0.25) is 9.59 Å². The van der Waals surface area contributed by atoms with Crippen molar-refractivity contribution in [1.29, 1.82) is 0 Å². The normalized spacial score (nSPS) is 21.7. The smallest absolute Gasteiger partial charge is 0.266 e. The fourth-order valence-electron chi connectivity index (χ4n) is 4.34. The van der Waals surface area contributed by atoms with E-state index in [2.05, 4.69) is 16.2 Å². The molecule has 6 nitrogen and oxygen atoms in total. The van der Waals surface area contributed by atoms with Gasteiger partial charge in [0.15, 0.2) is 0 Å². The minimum absolute atomic E-state index is 0.0562. The molecule has 2 aliphatic rings. The number of aromatic nitrogens is 1. The number of hydrogen-bond acceptors (Lipinski definition) is 3. The van der Waals surface area contributed by atoms with E-state index in [1.54, 1.807) is 23.2 Å². The third kappa shape index (κ3) is 2.91. The van der Waals surface area contributed by atoms with Gasteiger partial charge in [-0.2, -0.15) is 5.10 Å². The molecule has 1 N–H and O–H groups in total.